The van der Waals surface area contributed by atoms with E-state index in [9.17, 15) is 0 Å². The van der Waals surface area contributed by atoms with E-state index in [0.717, 1.165) is 0 Å². The Bertz CT molecular complexity index is 165. The third-order valence-corrected chi connectivity index (χ3v) is 0. The van der Waals surface area contributed by atoms with Crippen molar-refractivity contribution in [2.45, 2.75) is 38.2 Å². The quantitative estimate of drug-likeness (QED) is 0.251. The summed E-state index contributed by atoms with van der Waals surface area (Å²) >= 11 is 9.24. The van der Waals surface area contributed by atoms with Crippen LogP contribution in [0.2, 0.25) is 0 Å². The van der Waals surface area contributed by atoms with E-state index in [-0.39, 0.29) is 34.1 Å². The molecular weight excluding hydrogens is 416 g/mol. The molecule has 0 fully saturated rings. The summed E-state index contributed by atoms with van der Waals surface area (Å²) in [4.78, 5) is 0. The smallest absolute Gasteiger partial charge is 0 e. The average Bonchev–Trinajstić information content (AvgIpc) is 2.50. The van der Waals surface area contributed by atoms with E-state index in [1.54, 1.807) is 0 Å². The van der Waals surface area contributed by atoms with Crippen molar-refractivity contribution in [3.8, 4) is 0 Å². The second-order valence-electron chi connectivity index (χ2n) is 2.10. The van der Waals surface area contributed by atoms with Gasteiger partial charge in [-0.05, 0) is 0 Å². The van der Waals surface area contributed by atoms with Crippen LogP contribution >= 0.6 is 0 Å². The molecule has 0 aliphatic rings. The summed E-state index contributed by atoms with van der Waals surface area (Å²) < 4.78 is 45.0. The summed E-state index contributed by atoms with van der Waals surface area (Å²) in [6, 6.07) is 0. The van der Waals surface area contributed by atoms with Crippen LogP contribution in [-0.4, -0.2) is 10.5 Å². The van der Waals surface area contributed by atoms with E-state index in [4.69, 9.17) is 27.9 Å². The van der Waals surface area contributed by atoms with Crippen molar-refractivity contribution >= 4 is 25.3 Å². The van der Waals surface area contributed by atoms with Gasteiger partial charge < -0.3 is 25.3 Å². The minimum Gasteiger partial charge on any atom is 0 e. The fourth-order valence-electron chi connectivity index (χ4n) is 0. The first-order valence-corrected chi connectivity index (χ1v) is 4.95. The third kappa shape index (κ3) is 232000. The summed E-state index contributed by atoms with van der Waals surface area (Å²) in [6.45, 7) is 34.9. The normalized spacial score (nSPS) is 3.82. The third-order valence-electron chi connectivity index (χ3n) is 0. The molecule has 0 rings (SSSR count). The van der Waals surface area contributed by atoms with Gasteiger partial charge in [-0.15, -0.1) is 0 Å². The van der Waals surface area contributed by atoms with E-state index in [0.29, 0.717) is 10.5 Å². The number of rotatable bonds is 0. The molecule has 22 heavy (non-hydrogen) atoms. The SMILES string of the molecule is CC(C)[S-].CC(C)[S-].[C-]#[O+].[C-]#[O+].[C-]#[O+].[C-]#[O+].[C-]#[O+].[C-]#[O+].[Fe].[Fe]. The zero-order valence-electron chi connectivity index (χ0n) is 12.1. The number of hydrogen-bond acceptors (Lipinski definition) is 2. The molecule has 0 spiro atoms. The van der Waals surface area contributed by atoms with Crippen molar-refractivity contribution in [3.63, 3.8) is 0 Å². The van der Waals surface area contributed by atoms with Crippen LogP contribution in [0.1, 0.15) is 27.7 Å². The second-order valence-corrected chi connectivity index (χ2v) is 3.98. The minimum atomic E-state index is 0. The zero-order valence-corrected chi connectivity index (χ0v) is 16.0. The average molecular weight is 430 g/mol. The van der Waals surface area contributed by atoms with Crippen LogP contribution in [0.15, 0.2) is 0 Å². The van der Waals surface area contributed by atoms with Crippen molar-refractivity contribution in [1.29, 1.82) is 0 Å². The fraction of sp³-hybridized carbons (Fsp3) is 0.500. The van der Waals surface area contributed by atoms with Crippen molar-refractivity contribution in [1.82, 2.24) is 0 Å². The first-order valence-electron chi connectivity index (χ1n) is 4.01. The Kier molecular flexibility index (Phi) is 689. The zero-order chi connectivity index (χ0) is 19.2. The van der Waals surface area contributed by atoms with Crippen molar-refractivity contribution in [2.75, 3.05) is 0 Å². The van der Waals surface area contributed by atoms with Crippen LogP contribution in [-0.2, 0) is 87.3 Å². The molecule has 0 saturated carbocycles. The number of hydrogen-bond donors (Lipinski definition) is 0. The maximum Gasteiger partial charge on any atom is 0 e. The van der Waals surface area contributed by atoms with Crippen LogP contribution < -0.4 is 0 Å². The van der Waals surface area contributed by atoms with Crippen LogP contribution in [0.25, 0.3) is 0 Å². The van der Waals surface area contributed by atoms with Gasteiger partial charge in [0.2, 0.25) is 0 Å². The molecule has 0 saturated heterocycles. The first kappa shape index (κ1) is 67.1. The predicted octanol–water partition coefficient (Wildman–Crippen LogP) is 1.65. The monoisotopic (exact) mass is 430 g/mol. The second kappa shape index (κ2) is 226. The summed E-state index contributed by atoms with van der Waals surface area (Å²) in [5.74, 6) is 0. The van der Waals surface area contributed by atoms with Crippen LogP contribution in [0.4, 0.5) is 0 Å². The van der Waals surface area contributed by atoms with E-state index in [2.05, 4.69) is 65.2 Å². The molecule has 0 aliphatic heterocycles. The van der Waals surface area contributed by atoms with Gasteiger partial charge >= 0.3 is 67.8 Å². The van der Waals surface area contributed by atoms with E-state index in [1.807, 2.05) is 27.7 Å². The van der Waals surface area contributed by atoms with Crippen molar-refractivity contribution < 1.29 is 62.1 Å². The van der Waals surface area contributed by atoms with Gasteiger partial charge in [0.1, 0.15) is 0 Å². The van der Waals surface area contributed by atoms with Gasteiger partial charge in [0.05, 0.1) is 0 Å². The van der Waals surface area contributed by atoms with Gasteiger partial charge in [-0.3, -0.25) is 0 Å². The van der Waals surface area contributed by atoms with Gasteiger partial charge in [0.15, 0.2) is 0 Å². The Labute approximate surface area is 165 Å². The van der Waals surface area contributed by atoms with Crippen molar-refractivity contribution in [3.05, 3.63) is 39.9 Å². The molecule has 0 aromatic carbocycles. The van der Waals surface area contributed by atoms with Gasteiger partial charge in [0.25, 0.3) is 0 Å². The molecule has 0 radical (unpaired) electrons. The summed E-state index contributed by atoms with van der Waals surface area (Å²) in [7, 11) is 0. The minimum absolute atomic E-state index is 0. The summed E-state index contributed by atoms with van der Waals surface area (Å²) in [5, 5.41) is 0.833. The van der Waals surface area contributed by atoms with E-state index < -0.39 is 0 Å². The van der Waals surface area contributed by atoms with Crippen LogP contribution in [0.5, 0.6) is 0 Å². The van der Waals surface area contributed by atoms with E-state index in [1.165, 1.54) is 0 Å². The summed E-state index contributed by atoms with van der Waals surface area (Å²) in [5.41, 5.74) is 0. The fourth-order valence-corrected chi connectivity index (χ4v) is 0. The Morgan fingerprint density at radius 3 is 0.455 bits per heavy atom. The Morgan fingerprint density at radius 1 is 0.455 bits per heavy atom. The standard InChI is InChI=1S/2C3H8S.6CO.2Fe/c2*1-3(2)4;6*1-2;;/h2*3-4H,1-2H3;;;;;;;;/p-2. The molecule has 0 unspecified atom stereocenters. The van der Waals surface area contributed by atoms with E-state index >= 15 is 0 Å². The molecule has 0 aromatic heterocycles. The van der Waals surface area contributed by atoms with Crippen LogP contribution in [0.3, 0.4) is 0 Å². The molecular formula is C12H14Fe2O6S2-2. The maximum atomic E-state index is 7.50. The van der Waals surface area contributed by atoms with Gasteiger partial charge in [-0.25, -0.2) is 0 Å². The molecule has 10 heteroatoms. The molecule has 0 heterocycles. The maximum absolute atomic E-state index is 7.50. The first-order chi connectivity index (χ1) is 9.46. The predicted molar refractivity (Wildman–Crippen MR) is 68.6 cm³/mol. The van der Waals surface area contributed by atoms with Gasteiger partial charge in [0, 0.05) is 34.1 Å². The van der Waals surface area contributed by atoms with Crippen LogP contribution in [0, 0.1) is 39.9 Å². The Morgan fingerprint density at radius 2 is 0.455 bits per heavy atom. The summed E-state index contributed by atoms with van der Waals surface area (Å²) in [6.07, 6.45) is 0. The topological polar surface area (TPSA) is 119 Å². The molecule has 0 aromatic rings. The molecule has 0 bridgehead atoms. The molecule has 128 valence electrons. The van der Waals surface area contributed by atoms with Crippen molar-refractivity contribution in [2.24, 2.45) is 0 Å². The molecule has 0 aliphatic carbocycles. The largest absolute Gasteiger partial charge is 0 e. The van der Waals surface area contributed by atoms with Gasteiger partial charge in [-0.1, -0.05) is 27.7 Å². The molecule has 6 nitrogen and oxygen atoms in total. The molecule has 0 amide bonds. The Balaban J connectivity index is -0.00000000950. The van der Waals surface area contributed by atoms with Gasteiger partial charge in [-0.2, -0.15) is 10.5 Å². The molecule has 0 N–H and O–H groups in total. The molecule has 0 atom stereocenters. The Hall–Kier alpha value is 0.179.